The van der Waals surface area contributed by atoms with Gasteiger partial charge in [-0.1, -0.05) is 86.0 Å². The van der Waals surface area contributed by atoms with Gasteiger partial charge in [-0.05, 0) is 73.2 Å². The molecule has 0 atom stereocenters. The van der Waals surface area contributed by atoms with E-state index in [2.05, 4.69) is 0 Å². The van der Waals surface area contributed by atoms with Crippen LogP contribution in [0, 0.1) is 0 Å². The van der Waals surface area contributed by atoms with Gasteiger partial charge in [0, 0.05) is 33.6 Å². The van der Waals surface area contributed by atoms with Crippen LogP contribution in [0.1, 0.15) is 75.6 Å². The van der Waals surface area contributed by atoms with Crippen LogP contribution < -0.4 is 0 Å². The van der Waals surface area contributed by atoms with Gasteiger partial charge in [0.1, 0.15) is 22.2 Å². The van der Waals surface area contributed by atoms with Gasteiger partial charge in [-0.25, -0.2) is 9.59 Å². The zero-order chi connectivity index (χ0) is 38.4. The van der Waals surface area contributed by atoms with Crippen molar-refractivity contribution in [2.24, 2.45) is 0 Å². The Morgan fingerprint density at radius 1 is 0.630 bits per heavy atom. The van der Waals surface area contributed by atoms with Crippen molar-refractivity contribution >= 4 is 58.2 Å². The molecule has 8 rings (SSSR count). The van der Waals surface area contributed by atoms with Gasteiger partial charge >= 0.3 is 11.9 Å². The number of fused-ring (bicyclic) bond motifs is 4. The average Bonchev–Trinajstić information content (AvgIpc) is 3.86. The molecule has 280 valence electrons. The third-order valence-electron chi connectivity index (χ3n) is 11.3. The van der Waals surface area contributed by atoms with Crippen LogP contribution in [-0.4, -0.2) is 57.1 Å². The third-order valence-corrected chi connectivity index (χ3v) is 11.8. The fourth-order valence-electron chi connectivity index (χ4n) is 8.63. The molecule has 2 N–H and O–H groups in total. The summed E-state index contributed by atoms with van der Waals surface area (Å²) < 4.78 is 13.3. The van der Waals surface area contributed by atoms with Crippen LogP contribution in [0.4, 0.5) is 0 Å². The minimum absolute atomic E-state index is 0.243. The number of rotatable bonds is 4. The first-order valence-corrected chi connectivity index (χ1v) is 18.8. The number of aliphatic hydroxyl groups is 2. The summed E-state index contributed by atoms with van der Waals surface area (Å²) >= 11 is 12.0. The largest absolute Gasteiger partial charge is 0.505 e. The molecule has 10 nitrogen and oxygen atoms in total. The van der Waals surface area contributed by atoms with Gasteiger partial charge in [0.25, 0.3) is 0 Å². The highest BCUT2D eigenvalue weighted by molar-refractivity contribution is 6.31. The predicted octanol–water partition coefficient (Wildman–Crippen LogP) is 8.99. The molecule has 0 bridgehead atoms. The number of hydrogen-bond donors (Lipinski definition) is 2. The standard InChI is InChI=1S/2C21H20ClNO4/c1-27-20(26)16-18(24)17-15(13-5-7-14(22)8-6-13)9-12-23(17)21(19(16)25)10-3-2-4-11-21;1-27-20(26)17-18(24)16-11-14(13-5-7-15(22)8-6-13)12-23(16)21(19(17)25)9-3-2-4-10-21/h5-9,12,24H,2-4,10-11H2,1H3;5-8,11-12,24H,2-4,9-10H2,1H3. The van der Waals surface area contributed by atoms with Crippen molar-refractivity contribution in [3.05, 3.63) is 106 Å². The highest BCUT2D eigenvalue weighted by Gasteiger charge is 2.52. The summed E-state index contributed by atoms with van der Waals surface area (Å²) in [5.74, 6) is -2.92. The van der Waals surface area contributed by atoms with Crippen molar-refractivity contribution in [3.8, 4) is 22.3 Å². The number of ether oxygens (including phenoxy) is 2. The summed E-state index contributed by atoms with van der Waals surface area (Å²) in [6.45, 7) is 0. The number of hydrogen-bond acceptors (Lipinski definition) is 8. The van der Waals surface area contributed by atoms with Crippen LogP contribution in [0.2, 0.25) is 10.0 Å². The lowest BCUT2D eigenvalue weighted by Gasteiger charge is -2.41. The normalized spacial score (nSPS) is 18.5. The van der Waals surface area contributed by atoms with E-state index in [1.54, 1.807) is 24.3 Å². The summed E-state index contributed by atoms with van der Waals surface area (Å²) in [4.78, 5) is 51.2. The Bertz CT molecular complexity index is 2200. The maximum Gasteiger partial charge on any atom is 0.345 e. The molecule has 2 aromatic carbocycles. The maximum atomic E-state index is 13.3. The number of aliphatic hydroxyl groups excluding tert-OH is 2. The highest BCUT2D eigenvalue weighted by atomic mass is 35.5. The quantitative estimate of drug-likeness (QED) is 0.155. The van der Waals surface area contributed by atoms with Gasteiger partial charge in [0.2, 0.25) is 0 Å². The summed E-state index contributed by atoms with van der Waals surface area (Å²) in [7, 11) is 2.44. The predicted molar refractivity (Wildman–Crippen MR) is 205 cm³/mol. The number of nitrogens with zero attached hydrogens (tertiary/aromatic N) is 2. The number of aromatic nitrogens is 2. The fourth-order valence-corrected chi connectivity index (χ4v) is 8.88. The van der Waals surface area contributed by atoms with Crippen LogP contribution >= 0.6 is 23.2 Å². The van der Waals surface area contributed by atoms with E-state index in [0.717, 1.165) is 60.8 Å². The van der Waals surface area contributed by atoms with E-state index in [4.69, 9.17) is 32.7 Å². The van der Waals surface area contributed by atoms with Gasteiger partial charge < -0.3 is 28.8 Å². The molecule has 0 unspecified atom stereocenters. The van der Waals surface area contributed by atoms with E-state index < -0.39 is 23.0 Å². The van der Waals surface area contributed by atoms with Crippen molar-refractivity contribution < 1.29 is 38.9 Å². The average molecular weight is 772 g/mol. The topological polar surface area (TPSA) is 137 Å². The van der Waals surface area contributed by atoms with Crippen LogP contribution in [0.15, 0.2) is 84.2 Å². The molecule has 0 saturated heterocycles. The van der Waals surface area contributed by atoms with Gasteiger partial charge in [-0.2, -0.15) is 0 Å². The lowest BCUT2D eigenvalue weighted by Crippen LogP contribution is -2.48. The molecule has 2 spiro atoms. The number of benzene rings is 2. The third kappa shape index (κ3) is 6.05. The van der Waals surface area contributed by atoms with E-state index >= 15 is 0 Å². The SMILES string of the molecule is COC(=O)C1=C(O)c2c(-c3ccc(Cl)cc3)ccn2C2(CCCCC2)C1=O.COC(=O)C1=C(O)c2cc(-c3ccc(Cl)cc3)cn2C2(CCCCC2)C1=O. The number of carbonyl (C=O) groups excluding carboxylic acids is 4. The van der Waals surface area contributed by atoms with E-state index in [9.17, 15) is 29.4 Å². The molecule has 54 heavy (non-hydrogen) atoms. The summed E-state index contributed by atoms with van der Waals surface area (Å²) in [6.07, 6.45) is 12.0. The van der Waals surface area contributed by atoms with Gasteiger partial charge in [0.05, 0.1) is 25.6 Å². The summed E-state index contributed by atoms with van der Waals surface area (Å²) in [5, 5.41) is 22.9. The molecular weight excluding hydrogens is 731 g/mol. The molecule has 2 aliphatic heterocycles. The number of esters is 2. The second-order valence-electron chi connectivity index (χ2n) is 14.2. The Labute approximate surface area is 322 Å². The molecule has 2 fully saturated rings. The van der Waals surface area contributed by atoms with Crippen LogP contribution in [0.25, 0.3) is 33.8 Å². The molecule has 4 heterocycles. The number of ketones is 2. The Kier molecular flexibility index (Phi) is 10.1. The minimum atomic E-state index is -0.839. The number of carbonyl (C=O) groups is 4. The van der Waals surface area contributed by atoms with Crippen molar-refractivity contribution in [3.63, 3.8) is 0 Å². The minimum Gasteiger partial charge on any atom is -0.505 e. The Hall–Kier alpha value is -5.06. The monoisotopic (exact) mass is 770 g/mol. The number of Topliss-reactive ketones (excluding diaryl/α,β-unsaturated/α-hetero) is 2. The molecule has 2 aliphatic carbocycles. The lowest BCUT2D eigenvalue weighted by molar-refractivity contribution is -0.141. The van der Waals surface area contributed by atoms with E-state index in [1.807, 2.05) is 57.9 Å². The van der Waals surface area contributed by atoms with Crippen molar-refractivity contribution in [1.29, 1.82) is 0 Å². The Balaban J connectivity index is 0.000000167. The Morgan fingerprint density at radius 2 is 1.09 bits per heavy atom. The zero-order valence-electron chi connectivity index (χ0n) is 30.0. The van der Waals surface area contributed by atoms with Gasteiger partial charge in [-0.15, -0.1) is 0 Å². The van der Waals surface area contributed by atoms with Crippen molar-refractivity contribution in [1.82, 2.24) is 9.13 Å². The van der Waals surface area contributed by atoms with Crippen LogP contribution in [-0.2, 0) is 39.7 Å². The molecule has 0 radical (unpaired) electrons. The van der Waals surface area contributed by atoms with Crippen LogP contribution in [0.3, 0.4) is 0 Å². The van der Waals surface area contributed by atoms with Gasteiger partial charge in [-0.3, -0.25) is 9.59 Å². The summed E-state index contributed by atoms with van der Waals surface area (Å²) in [6, 6.07) is 18.3. The number of halogens is 2. The molecule has 12 heteroatoms. The van der Waals surface area contributed by atoms with Crippen molar-refractivity contribution in [2.75, 3.05) is 14.2 Å². The highest BCUT2D eigenvalue weighted by Crippen LogP contribution is 2.48. The first-order chi connectivity index (χ1) is 26.0. The molecular formula is C42H40Cl2N2O8. The molecule has 0 amide bonds. The summed E-state index contributed by atoms with van der Waals surface area (Å²) in [5.41, 5.74) is 2.17. The van der Waals surface area contributed by atoms with E-state index in [1.165, 1.54) is 14.2 Å². The molecule has 4 aliphatic rings. The first kappa shape index (κ1) is 37.3. The van der Waals surface area contributed by atoms with E-state index in [-0.39, 0.29) is 34.2 Å². The lowest BCUT2D eigenvalue weighted by atomic mass is 9.73. The number of methoxy groups -OCH3 is 2. The second-order valence-corrected chi connectivity index (χ2v) is 15.1. The van der Waals surface area contributed by atoms with Crippen LogP contribution in [0.5, 0.6) is 0 Å². The van der Waals surface area contributed by atoms with E-state index in [0.29, 0.717) is 47.1 Å². The first-order valence-electron chi connectivity index (χ1n) is 18.1. The Morgan fingerprint density at radius 3 is 1.59 bits per heavy atom. The molecule has 2 aromatic heterocycles. The maximum absolute atomic E-state index is 13.3. The van der Waals surface area contributed by atoms with Crippen molar-refractivity contribution in [2.45, 2.75) is 75.3 Å². The fraction of sp³-hybridized carbons (Fsp3) is 0.333. The zero-order valence-corrected chi connectivity index (χ0v) is 31.5. The van der Waals surface area contributed by atoms with Gasteiger partial charge in [0.15, 0.2) is 23.1 Å². The molecule has 2 saturated carbocycles. The smallest absolute Gasteiger partial charge is 0.345 e. The molecule has 4 aromatic rings. The second kappa shape index (κ2) is 14.6.